The van der Waals surface area contributed by atoms with Gasteiger partial charge in [-0.15, -0.1) is 11.3 Å². The van der Waals surface area contributed by atoms with Gasteiger partial charge in [-0.25, -0.2) is 14.6 Å². The van der Waals surface area contributed by atoms with Crippen molar-refractivity contribution in [3.63, 3.8) is 0 Å². The van der Waals surface area contributed by atoms with Gasteiger partial charge in [-0.05, 0) is 31.4 Å². The topological polar surface area (TPSA) is 115 Å². The van der Waals surface area contributed by atoms with Crippen molar-refractivity contribution in [2.75, 3.05) is 7.05 Å². The maximum absolute atomic E-state index is 12.8. The van der Waals surface area contributed by atoms with Crippen molar-refractivity contribution in [2.45, 2.75) is 20.0 Å². The number of carbonyl (C=O) groups is 3. The third-order valence-electron chi connectivity index (χ3n) is 4.08. The third-order valence-corrected chi connectivity index (χ3v) is 4.97. The Kier molecular flexibility index (Phi) is 5.41. The number of esters is 1. The average molecular weight is 401 g/mol. The Morgan fingerprint density at radius 3 is 2.71 bits per heavy atom. The summed E-state index contributed by atoms with van der Waals surface area (Å²) < 4.78 is 6.89. The molecule has 0 radical (unpaired) electrons. The Balaban J connectivity index is 1.98. The largest absolute Gasteiger partial charge is 0.449 e. The molecule has 146 valence electrons. The van der Waals surface area contributed by atoms with Crippen molar-refractivity contribution >= 4 is 40.3 Å². The van der Waals surface area contributed by atoms with Crippen molar-refractivity contribution in [3.8, 4) is 10.6 Å². The molecular formula is C18H19N5O4S. The van der Waals surface area contributed by atoms with Gasteiger partial charge in [0, 0.05) is 14.1 Å². The van der Waals surface area contributed by atoms with Crippen molar-refractivity contribution < 1.29 is 19.1 Å². The molecule has 0 aliphatic rings. The lowest BCUT2D eigenvalue weighted by atomic mass is 10.1. The Bertz CT molecular complexity index is 1060. The molecule has 3 heterocycles. The summed E-state index contributed by atoms with van der Waals surface area (Å²) in [7, 11) is 3.12. The van der Waals surface area contributed by atoms with Crippen LogP contribution in [0.2, 0.25) is 0 Å². The molecule has 0 saturated carbocycles. The number of pyridine rings is 1. The van der Waals surface area contributed by atoms with Crippen LogP contribution >= 0.6 is 11.3 Å². The summed E-state index contributed by atoms with van der Waals surface area (Å²) in [6.07, 6.45) is -1.16. The van der Waals surface area contributed by atoms with Gasteiger partial charge in [-0.1, -0.05) is 6.07 Å². The van der Waals surface area contributed by atoms with Gasteiger partial charge in [0.05, 0.1) is 27.2 Å². The Hall–Kier alpha value is -3.27. The molecule has 10 heteroatoms. The molecule has 28 heavy (non-hydrogen) atoms. The van der Waals surface area contributed by atoms with Crippen molar-refractivity contribution in [2.24, 2.45) is 7.05 Å². The van der Waals surface area contributed by atoms with Crippen LogP contribution in [0.1, 0.15) is 23.0 Å². The van der Waals surface area contributed by atoms with Crippen molar-refractivity contribution in [3.05, 3.63) is 34.8 Å². The highest BCUT2D eigenvalue weighted by molar-refractivity contribution is 7.13. The van der Waals surface area contributed by atoms with E-state index in [0.717, 1.165) is 4.88 Å². The van der Waals surface area contributed by atoms with Crippen LogP contribution in [0, 0.1) is 6.92 Å². The van der Waals surface area contributed by atoms with E-state index < -0.39 is 24.0 Å². The normalized spacial score (nSPS) is 11.9. The highest BCUT2D eigenvalue weighted by Crippen LogP contribution is 2.29. The van der Waals surface area contributed by atoms with Crippen LogP contribution in [0.5, 0.6) is 0 Å². The molecule has 3 amide bonds. The molecule has 3 rings (SSSR count). The summed E-state index contributed by atoms with van der Waals surface area (Å²) in [5.74, 6) is -1.42. The van der Waals surface area contributed by atoms with E-state index in [-0.39, 0.29) is 5.56 Å². The zero-order valence-electron chi connectivity index (χ0n) is 15.8. The molecule has 1 atom stereocenters. The SMILES string of the molecule is CNC(=O)NC(=O)C(C)OC(=O)c1cc(-c2cccs2)nc2c1c(C)nn2C. The maximum Gasteiger partial charge on any atom is 0.339 e. The number of imide groups is 1. The van der Waals surface area contributed by atoms with E-state index in [2.05, 4.69) is 20.7 Å². The summed E-state index contributed by atoms with van der Waals surface area (Å²) in [6.45, 7) is 3.16. The Morgan fingerprint density at radius 2 is 2.07 bits per heavy atom. The van der Waals surface area contributed by atoms with Gasteiger partial charge in [0.1, 0.15) is 0 Å². The highest BCUT2D eigenvalue weighted by atomic mass is 32.1. The number of hydrogen-bond donors (Lipinski definition) is 2. The predicted molar refractivity (Wildman–Crippen MR) is 104 cm³/mol. The number of aromatic nitrogens is 3. The molecule has 3 aromatic heterocycles. The molecule has 3 aromatic rings. The van der Waals surface area contributed by atoms with Gasteiger partial charge in [0.25, 0.3) is 5.91 Å². The lowest BCUT2D eigenvalue weighted by molar-refractivity contribution is -0.127. The van der Waals surface area contributed by atoms with E-state index in [9.17, 15) is 14.4 Å². The fourth-order valence-corrected chi connectivity index (χ4v) is 3.40. The smallest absolute Gasteiger partial charge is 0.339 e. The lowest BCUT2D eigenvalue weighted by Gasteiger charge is -2.13. The van der Waals surface area contributed by atoms with Gasteiger partial charge < -0.3 is 10.1 Å². The van der Waals surface area contributed by atoms with E-state index in [1.54, 1.807) is 24.7 Å². The minimum Gasteiger partial charge on any atom is -0.449 e. The van der Waals surface area contributed by atoms with Crippen LogP contribution in [0.3, 0.4) is 0 Å². The van der Waals surface area contributed by atoms with Gasteiger partial charge >= 0.3 is 12.0 Å². The summed E-state index contributed by atoms with van der Waals surface area (Å²) in [5, 5.41) is 11.2. The van der Waals surface area contributed by atoms with E-state index in [4.69, 9.17) is 4.74 Å². The first kappa shape index (κ1) is 19.5. The molecule has 1 unspecified atom stereocenters. The van der Waals surface area contributed by atoms with E-state index in [1.165, 1.54) is 25.3 Å². The molecule has 0 fully saturated rings. The number of ether oxygens (including phenoxy) is 1. The average Bonchev–Trinajstić information content (AvgIpc) is 3.29. The number of nitrogens with one attached hydrogen (secondary N) is 2. The number of hydrogen-bond acceptors (Lipinski definition) is 7. The predicted octanol–water partition coefficient (Wildman–Crippen LogP) is 2.01. The van der Waals surface area contributed by atoms with E-state index >= 15 is 0 Å². The number of carbonyl (C=O) groups excluding carboxylic acids is 3. The summed E-state index contributed by atoms with van der Waals surface area (Å²) in [4.78, 5) is 41.6. The van der Waals surface area contributed by atoms with Crippen LogP contribution in [-0.2, 0) is 16.6 Å². The van der Waals surface area contributed by atoms with Gasteiger partial charge in [0.15, 0.2) is 11.8 Å². The second-order valence-electron chi connectivity index (χ2n) is 6.06. The maximum atomic E-state index is 12.8. The number of fused-ring (bicyclic) bond motifs is 1. The molecule has 0 aliphatic heterocycles. The molecule has 0 spiro atoms. The summed E-state index contributed by atoms with van der Waals surface area (Å²) >= 11 is 1.49. The number of aryl methyl sites for hydroxylation is 2. The standard InChI is InChI=1S/C18H19N5O4S/c1-9-14-11(17(25)27-10(2)16(24)21-18(26)19-3)8-12(13-6-5-7-28-13)20-15(14)23(4)22-9/h5-8,10H,1-4H3,(H2,19,21,24,26). The van der Waals surface area contributed by atoms with Crippen LogP contribution < -0.4 is 10.6 Å². The molecular weight excluding hydrogens is 382 g/mol. The minimum absolute atomic E-state index is 0.263. The van der Waals surface area contributed by atoms with Crippen LogP contribution in [-0.4, -0.2) is 45.8 Å². The van der Waals surface area contributed by atoms with Gasteiger partial charge in [-0.3, -0.25) is 14.8 Å². The first-order valence-electron chi connectivity index (χ1n) is 8.43. The Morgan fingerprint density at radius 1 is 1.32 bits per heavy atom. The fourth-order valence-electron chi connectivity index (χ4n) is 2.71. The first-order valence-corrected chi connectivity index (χ1v) is 9.31. The first-order chi connectivity index (χ1) is 13.3. The summed E-state index contributed by atoms with van der Waals surface area (Å²) in [5.41, 5.74) is 2.04. The molecule has 0 bridgehead atoms. The lowest BCUT2D eigenvalue weighted by Crippen LogP contribution is -2.43. The van der Waals surface area contributed by atoms with Gasteiger partial charge in [-0.2, -0.15) is 5.10 Å². The zero-order valence-corrected chi connectivity index (χ0v) is 16.6. The summed E-state index contributed by atoms with van der Waals surface area (Å²) in [6, 6.07) is 4.75. The second-order valence-corrected chi connectivity index (χ2v) is 7.00. The van der Waals surface area contributed by atoms with E-state index in [0.29, 0.717) is 22.4 Å². The molecule has 0 aromatic carbocycles. The molecule has 0 aliphatic carbocycles. The Labute approximate surface area is 164 Å². The number of thiophene rings is 1. The quantitative estimate of drug-likeness (QED) is 0.646. The highest BCUT2D eigenvalue weighted by Gasteiger charge is 2.25. The van der Waals surface area contributed by atoms with Crippen LogP contribution in [0.4, 0.5) is 4.79 Å². The fraction of sp³-hybridized carbons (Fsp3) is 0.278. The molecule has 2 N–H and O–H groups in total. The number of urea groups is 1. The van der Waals surface area contributed by atoms with E-state index in [1.807, 2.05) is 17.5 Å². The number of rotatable bonds is 4. The van der Waals surface area contributed by atoms with Crippen molar-refractivity contribution in [1.82, 2.24) is 25.4 Å². The monoisotopic (exact) mass is 401 g/mol. The van der Waals surface area contributed by atoms with Gasteiger partial charge in [0.2, 0.25) is 0 Å². The molecule has 9 nitrogen and oxygen atoms in total. The second kappa shape index (κ2) is 7.77. The number of nitrogens with zero attached hydrogens (tertiary/aromatic N) is 3. The zero-order chi connectivity index (χ0) is 20.4. The van der Waals surface area contributed by atoms with Crippen molar-refractivity contribution in [1.29, 1.82) is 0 Å². The number of amides is 3. The minimum atomic E-state index is -1.16. The van der Waals surface area contributed by atoms with Crippen LogP contribution in [0.25, 0.3) is 21.6 Å². The third kappa shape index (κ3) is 3.72. The molecule has 0 saturated heterocycles. The van der Waals surface area contributed by atoms with Crippen LogP contribution in [0.15, 0.2) is 23.6 Å².